The number of hydrogen-bond acceptors (Lipinski definition) is 6. The van der Waals surface area contributed by atoms with Gasteiger partial charge in [-0.3, -0.25) is 9.59 Å². The lowest BCUT2D eigenvalue weighted by molar-refractivity contribution is -0.376. The first-order chi connectivity index (χ1) is 17.3. The molecule has 38 heavy (non-hydrogen) atoms. The lowest BCUT2D eigenvalue weighted by atomic mass is 9.89. The second-order valence-electron chi connectivity index (χ2n) is 9.92. The molecular weight excluding hydrogens is 540 g/mol. The van der Waals surface area contributed by atoms with Crippen molar-refractivity contribution in [2.24, 2.45) is 0 Å². The molecule has 0 saturated carbocycles. The van der Waals surface area contributed by atoms with Crippen LogP contribution in [0.4, 0.5) is 26.3 Å². The van der Waals surface area contributed by atoms with Gasteiger partial charge in [-0.05, 0) is 51.7 Å². The van der Waals surface area contributed by atoms with Gasteiger partial charge in [-0.1, -0.05) is 18.2 Å². The number of nitrogens with one attached hydrogen (secondary N) is 1. The van der Waals surface area contributed by atoms with E-state index in [1.54, 1.807) is 0 Å². The van der Waals surface area contributed by atoms with Crippen molar-refractivity contribution < 1.29 is 46.1 Å². The molecule has 2 aromatic rings. The van der Waals surface area contributed by atoms with Crippen LogP contribution in [-0.4, -0.2) is 69.0 Å². The minimum atomic E-state index is -6.05. The summed E-state index contributed by atoms with van der Waals surface area (Å²) in [5.74, 6) is -1.25. The number of alkyl halides is 6. The van der Waals surface area contributed by atoms with Crippen LogP contribution >= 0.6 is 11.3 Å². The third-order valence-electron chi connectivity index (χ3n) is 6.23. The number of halogens is 6. The molecule has 7 nitrogen and oxygen atoms in total. The number of aryl methyl sites for hydroxylation is 1. The first-order valence-electron chi connectivity index (χ1n) is 11.6. The molecule has 2 amide bonds. The summed E-state index contributed by atoms with van der Waals surface area (Å²) in [6.45, 7) is 6.24. The van der Waals surface area contributed by atoms with Crippen molar-refractivity contribution in [2.75, 3.05) is 13.1 Å². The monoisotopic (exact) mass is 567 g/mol. The Labute approximate surface area is 218 Å². The second-order valence-corrected chi connectivity index (χ2v) is 10.9. The fourth-order valence-corrected chi connectivity index (χ4v) is 5.18. The first-order valence-corrected chi connectivity index (χ1v) is 12.4. The van der Waals surface area contributed by atoms with E-state index in [9.17, 15) is 46.1 Å². The molecule has 1 unspecified atom stereocenters. The van der Waals surface area contributed by atoms with E-state index in [1.165, 1.54) is 25.7 Å². The summed E-state index contributed by atoms with van der Waals surface area (Å²) in [4.78, 5) is 31.9. The number of aromatic nitrogens is 1. The van der Waals surface area contributed by atoms with E-state index >= 15 is 0 Å². The van der Waals surface area contributed by atoms with Crippen molar-refractivity contribution in [1.29, 1.82) is 0 Å². The Morgan fingerprint density at radius 2 is 1.74 bits per heavy atom. The highest BCUT2D eigenvalue weighted by atomic mass is 32.1. The van der Waals surface area contributed by atoms with Crippen LogP contribution in [0.1, 0.15) is 65.0 Å². The van der Waals surface area contributed by atoms with Gasteiger partial charge in [0.1, 0.15) is 5.69 Å². The molecule has 0 radical (unpaired) electrons. The van der Waals surface area contributed by atoms with Crippen LogP contribution in [-0.2, 0) is 5.60 Å². The van der Waals surface area contributed by atoms with E-state index < -0.39 is 40.9 Å². The minimum Gasteiger partial charge on any atom is -0.389 e. The highest BCUT2D eigenvalue weighted by Gasteiger charge is 2.71. The van der Waals surface area contributed by atoms with Crippen molar-refractivity contribution >= 4 is 23.2 Å². The predicted octanol–water partition coefficient (Wildman–Crippen LogP) is 4.56. The fourth-order valence-electron chi connectivity index (χ4n) is 4.12. The van der Waals surface area contributed by atoms with Gasteiger partial charge in [-0.25, -0.2) is 4.98 Å². The van der Waals surface area contributed by atoms with Gasteiger partial charge in [0.15, 0.2) is 5.01 Å². The molecule has 2 heterocycles. The molecular formula is C24H27F6N3O4S. The van der Waals surface area contributed by atoms with Gasteiger partial charge < -0.3 is 20.4 Å². The van der Waals surface area contributed by atoms with Gasteiger partial charge in [0, 0.05) is 24.7 Å². The molecule has 1 saturated heterocycles. The average Bonchev–Trinajstić information content (AvgIpc) is 3.41. The van der Waals surface area contributed by atoms with Crippen LogP contribution in [0.15, 0.2) is 18.2 Å². The van der Waals surface area contributed by atoms with E-state index in [1.807, 2.05) is 6.92 Å². The molecule has 0 spiro atoms. The highest BCUT2D eigenvalue weighted by molar-refractivity contribution is 7.17. The highest BCUT2D eigenvalue weighted by Crippen LogP contribution is 2.50. The molecule has 0 aliphatic carbocycles. The van der Waals surface area contributed by atoms with Crippen molar-refractivity contribution in [3.63, 3.8) is 0 Å². The lowest BCUT2D eigenvalue weighted by Crippen LogP contribution is -2.53. The van der Waals surface area contributed by atoms with Crippen LogP contribution in [0, 0.1) is 6.92 Å². The van der Waals surface area contributed by atoms with Crippen LogP contribution in [0.2, 0.25) is 0 Å². The number of amides is 2. The first kappa shape index (κ1) is 29.8. The molecule has 1 aliphatic rings. The van der Waals surface area contributed by atoms with Gasteiger partial charge in [-0.15, -0.1) is 11.3 Å². The van der Waals surface area contributed by atoms with Gasteiger partial charge in [0.25, 0.3) is 17.4 Å². The predicted molar refractivity (Wildman–Crippen MR) is 127 cm³/mol. The summed E-state index contributed by atoms with van der Waals surface area (Å²) >= 11 is 0.739. The lowest BCUT2D eigenvalue weighted by Gasteiger charge is -2.33. The average molecular weight is 568 g/mol. The maximum Gasteiger partial charge on any atom is 0.430 e. The molecule has 1 atom stereocenters. The molecule has 14 heteroatoms. The number of thiazole rings is 1. The Hall–Kier alpha value is -2.71. The summed E-state index contributed by atoms with van der Waals surface area (Å²) < 4.78 is 80.3. The molecule has 0 bridgehead atoms. The van der Waals surface area contributed by atoms with Gasteiger partial charge in [0.05, 0.1) is 10.5 Å². The summed E-state index contributed by atoms with van der Waals surface area (Å²) in [6, 6.07) is 1.84. The molecule has 1 aromatic heterocycles. The van der Waals surface area contributed by atoms with Crippen molar-refractivity contribution in [3.05, 3.63) is 40.0 Å². The number of carbonyl (C=O) groups excluding carboxylic acids is 2. The SMILES string of the molecule is Cc1cc(C(O)(C(F)(F)F)C(F)(F)F)ccc1-c1sc(C(=O)NCC(C)(C)O)nc1C(=O)N1CCCC1C. The topological polar surface area (TPSA) is 103 Å². The number of rotatable bonds is 6. The fraction of sp³-hybridized carbons (Fsp3) is 0.542. The molecule has 3 N–H and O–H groups in total. The molecule has 1 fully saturated rings. The number of benzene rings is 1. The van der Waals surface area contributed by atoms with Crippen molar-refractivity contribution in [1.82, 2.24) is 15.2 Å². The van der Waals surface area contributed by atoms with Crippen LogP contribution in [0.5, 0.6) is 0 Å². The normalized spacial score (nSPS) is 17.2. The summed E-state index contributed by atoms with van der Waals surface area (Å²) in [6.07, 6.45) is -10.7. The third-order valence-corrected chi connectivity index (χ3v) is 7.32. The Morgan fingerprint density at radius 3 is 2.21 bits per heavy atom. The Bertz CT molecular complexity index is 1210. The zero-order chi connectivity index (χ0) is 28.8. The maximum absolute atomic E-state index is 13.4. The van der Waals surface area contributed by atoms with Crippen LogP contribution in [0.25, 0.3) is 10.4 Å². The van der Waals surface area contributed by atoms with Crippen molar-refractivity contribution in [2.45, 2.75) is 70.1 Å². The summed E-state index contributed by atoms with van der Waals surface area (Å²) in [5, 5.41) is 21.9. The van der Waals surface area contributed by atoms with Gasteiger partial charge >= 0.3 is 12.4 Å². The number of carbonyl (C=O) groups is 2. The Balaban J connectivity index is 2.12. The Morgan fingerprint density at radius 1 is 1.13 bits per heavy atom. The largest absolute Gasteiger partial charge is 0.430 e. The van der Waals surface area contributed by atoms with Gasteiger partial charge in [-0.2, -0.15) is 26.3 Å². The number of likely N-dealkylation sites (tertiary alicyclic amines) is 1. The van der Waals surface area contributed by atoms with Gasteiger partial charge in [0.2, 0.25) is 0 Å². The second kappa shape index (κ2) is 10.1. The molecule has 3 rings (SSSR count). The standard InChI is InChI=1S/C24H27F6N3O4S/c1-12-10-14(22(37,23(25,26)27)24(28,29)30)7-8-15(12)17-16(20(35)33-9-5-6-13(33)2)32-19(38-17)18(34)31-11-21(3,4)36/h7-8,10,13,36-37H,5-6,9,11H2,1-4H3,(H,31,34). The van der Waals surface area contributed by atoms with E-state index in [0.717, 1.165) is 30.2 Å². The molecule has 1 aromatic carbocycles. The van der Waals surface area contributed by atoms with Crippen LogP contribution < -0.4 is 5.32 Å². The van der Waals surface area contributed by atoms with E-state index in [-0.39, 0.29) is 39.3 Å². The summed E-state index contributed by atoms with van der Waals surface area (Å²) in [7, 11) is 0. The van der Waals surface area contributed by atoms with E-state index in [0.29, 0.717) is 18.7 Å². The number of nitrogens with zero attached hydrogens (tertiary/aromatic N) is 2. The smallest absolute Gasteiger partial charge is 0.389 e. The number of hydrogen-bond donors (Lipinski definition) is 3. The van der Waals surface area contributed by atoms with Crippen LogP contribution in [0.3, 0.4) is 0 Å². The van der Waals surface area contributed by atoms with E-state index in [4.69, 9.17) is 0 Å². The third kappa shape index (κ3) is 5.66. The summed E-state index contributed by atoms with van der Waals surface area (Å²) in [5.41, 5.74) is -8.00. The number of aliphatic hydroxyl groups is 2. The quantitative estimate of drug-likeness (QED) is 0.445. The van der Waals surface area contributed by atoms with Crippen molar-refractivity contribution in [3.8, 4) is 10.4 Å². The minimum absolute atomic E-state index is 0.0779. The molecule has 1 aliphatic heterocycles. The zero-order valence-electron chi connectivity index (χ0n) is 20.9. The Kier molecular flexibility index (Phi) is 7.94. The molecule has 210 valence electrons. The maximum atomic E-state index is 13.4. The zero-order valence-corrected chi connectivity index (χ0v) is 21.7. The van der Waals surface area contributed by atoms with E-state index in [2.05, 4.69) is 10.3 Å².